The van der Waals surface area contributed by atoms with Gasteiger partial charge in [-0.25, -0.2) is 0 Å². The Bertz CT molecular complexity index is 1170. The highest BCUT2D eigenvalue weighted by atomic mass is 35.5. The van der Waals surface area contributed by atoms with Crippen molar-refractivity contribution in [3.63, 3.8) is 0 Å². The lowest BCUT2D eigenvalue weighted by Gasteiger charge is -2.24. The third-order valence-electron chi connectivity index (χ3n) is 4.95. The molecule has 152 valence electrons. The zero-order valence-corrected chi connectivity index (χ0v) is 17.0. The number of para-hydroxylation sites is 1. The van der Waals surface area contributed by atoms with Crippen LogP contribution >= 0.6 is 11.6 Å². The number of hydrogen-bond donors (Lipinski definition) is 0. The van der Waals surface area contributed by atoms with Gasteiger partial charge in [-0.05, 0) is 42.8 Å². The van der Waals surface area contributed by atoms with Crippen LogP contribution in [0.2, 0.25) is 5.02 Å². The summed E-state index contributed by atoms with van der Waals surface area (Å²) >= 11 is 5.99. The first kappa shape index (κ1) is 18.8. The van der Waals surface area contributed by atoms with Gasteiger partial charge in [-0.2, -0.15) is 10.1 Å². The molecule has 8 heteroatoms. The van der Waals surface area contributed by atoms with E-state index in [0.29, 0.717) is 42.2 Å². The van der Waals surface area contributed by atoms with Crippen LogP contribution in [0, 0.1) is 0 Å². The Kier molecular flexibility index (Phi) is 4.98. The number of ether oxygens (including phenoxy) is 2. The van der Waals surface area contributed by atoms with Crippen LogP contribution in [-0.4, -0.2) is 26.5 Å². The van der Waals surface area contributed by atoms with E-state index in [2.05, 4.69) is 15.2 Å². The van der Waals surface area contributed by atoms with E-state index in [4.69, 9.17) is 25.6 Å². The predicted molar refractivity (Wildman–Crippen MR) is 111 cm³/mol. The van der Waals surface area contributed by atoms with Crippen LogP contribution in [0.1, 0.15) is 24.3 Å². The van der Waals surface area contributed by atoms with Crippen molar-refractivity contribution in [2.45, 2.75) is 26.2 Å². The minimum atomic E-state index is -0.0844. The van der Waals surface area contributed by atoms with Gasteiger partial charge in [-0.15, -0.1) is 0 Å². The summed E-state index contributed by atoms with van der Waals surface area (Å²) < 4.78 is 19.1. The fraction of sp³-hybridized carbons (Fsp3) is 0.227. The summed E-state index contributed by atoms with van der Waals surface area (Å²) in [5, 5.41) is 9.49. The molecule has 3 heterocycles. The molecule has 0 saturated heterocycles. The summed E-state index contributed by atoms with van der Waals surface area (Å²) in [5.74, 6) is 1.55. The summed E-state index contributed by atoms with van der Waals surface area (Å²) in [6.07, 6.45) is -0.0844. The number of nitrogens with zero attached hydrogens (tertiary/aromatic N) is 4. The van der Waals surface area contributed by atoms with Crippen molar-refractivity contribution < 1.29 is 14.0 Å². The van der Waals surface area contributed by atoms with Crippen LogP contribution < -0.4 is 4.74 Å². The van der Waals surface area contributed by atoms with E-state index in [9.17, 15) is 0 Å². The van der Waals surface area contributed by atoms with Gasteiger partial charge in [0.15, 0.2) is 5.69 Å². The quantitative estimate of drug-likeness (QED) is 0.454. The van der Waals surface area contributed by atoms with E-state index in [1.807, 2.05) is 66.2 Å². The van der Waals surface area contributed by atoms with E-state index in [1.54, 1.807) is 0 Å². The van der Waals surface area contributed by atoms with Gasteiger partial charge in [-0.1, -0.05) is 41.0 Å². The van der Waals surface area contributed by atoms with Crippen LogP contribution in [0.3, 0.4) is 0 Å². The maximum atomic E-state index is 6.01. The Morgan fingerprint density at radius 3 is 2.83 bits per heavy atom. The minimum absolute atomic E-state index is 0.0844. The zero-order chi connectivity index (χ0) is 20.5. The van der Waals surface area contributed by atoms with Gasteiger partial charge in [-0.3, -0.25) is 4.68 Å². The molecule has 0 N–H and O–H groups in total. The van der Waals surface area contributed by atoms with Gasteiger partial charge in [0.25, 0.3) is 5.89 Å². The predicted octanol–water partition coefficient (Wildman–Crippen LogP) is 4.92. The first-order chi connectivity index (χ1) is 14.7. The van der Waals surface area contributed by atoms with Gasteiger partial charge in [0.2, 0.25) is 5.82 Å². The Morgan fingerprint density at radius 2 is 2.00 bits per heavy atom. The lowest BCUT2D eigenvalue weighted by Crippen LogP contribution is -2.21. The highest BCUT2D eigenvalue weighted by Gasteiger charge is 2.24. The van der Waals surface area contributed by atoms with Crippen molar-refractivity contribution in [3.8, 4) is 28.7 Å². The van der Waals surface area contributed by atoms with Crippen molar-refractivity contribution in [1.29, 1.82) is 0 Å². The molecule has 5 rings (SSSR count). The molecule has 1 unspecified atom stereocenters. The van der Waals surface area contributed by atoms with Crippen molar-refractivity contribution in [3.05, 3.63) is 70.9 Å². The van der Waals surface area contributed by atoms with Gasteiger partial charge in [0.05, 0.1) is 31.0 Å². The molecule has 7 nitrogen and oxygen atoms in total. The van der Waals surface area contributed by atoms with E-state index in [0.717, 1.165) is 22.6 Å². The van der Waals surface area contributed by atoms with E-state index >= 15 is 0 Å². The topological polar surface area (TPSA) is 75.2 Å². The second-order valence-corrected chi connectivity index (χ2v) is 7.34. The molecule has 4 aromatic rings. The number of benzene rings is 2. The van der Waals surface area contributed by atoms with E-state index < -0.39 is 0 Å². The van der Waals surface area contributed by atoms with Crippen LogP contribution in [0.5, 0.6) is 5.75 Å². The maximum Gasteiger partial charge on any atom is 0.278 e. The number of fused-ring (bicyclic) bond motifs is 1. The van der Waals surface area contributed by atoms with Crippen LogP contribution in [0.4, 0.5) is 0 Å². The molecule has 2 aromatic heterocycles. The number of aromatic nitrogens is 4. The number of halogens is 1. The molecule has 0 aliphatic carbocycles. The third kappa shape index (κ3) is 3.58. The lowest BCUT2D eigenvalue weighted by molar-refractivity contribution is -0.00112. The fourth-order valence-corrected chi connectivity index (χ4v) is 3.60. The van der Waals surface area contributed by atoms with Crippen LogP contribution in [0.25, 0.3) is 23.0 Å². The summed E-state index contributed by atoms with van der Waals surface area (Å²) in [6.45, 7) is 3.55. The van der Waals surface area contributed by atoms with Crippen LogP contribution in [-0.2, 0) is 17.9 Å². The van der Waals surface area contributed by atoms with Crippen LogP contribution in [0.15, 0.2) is 59.1 Å². The Morgan fingerprint density at radius 1 is 1.17 bits per heavy atom. The normalized spacial score (nSPS) is 15.7. The maximum absolute atomic E-state index is 6.01. The second kappa shape index (κ2) is 7.93. The smallest absolute Gasteiger partial charge is 0.278 e. The number of rotatable bonds is 5. The van der Waals surface area contributed by atoms with E-state index in [-0.39, 0.29) is 6.10 Å². The third-order valence-corrected chi connectivity index (χ3v) is 5.20. The minimum Gasteiger partial charge on any atom is -0.493 e. The molecule has 0 spiro atoms. The fourth-order valence-electron chi connectivity index (χ4n) is 3.48. The molecule has 0 radical (unpaired) electrons. The van der Waals surface area contributed by atoms with Crippen molar-refractivity contribution >= 4 is 11.6 Å². The molecule has 30 heavy (non-hydrogen) atoms. The highest BCUT2D eigenvalue weighted by Crippen LogP contribution is 2.31. The summed E-state index contributed by atoms with van der Waals surface area (Å²) in [7, 11) is 0. The second-order valence-electron chi connectivity index (χ2n) is 6.91. The molecule has 0 fully saturated rings. The highest BCUT2D eigenvalue weighted by molar-refractivity contribution is 6.30. The molecule has 1 aliphatic rings. The van der Waals surface area contributed by atoms with Gasteiger partial charge in [0, 0.05) is 5.02 Å². The molecular weight excluding hydrogens is 404 g/mol. The van der Waals surface area contributed by atoms with Crippen molar-refractivity contribution in [2.75, 3.05) is 6.61 Å². The first-order valence-corrected chi connectivity index (χ1v) is 10.1. The molecule has 0 bridgehead atoms. The van der Waals surface area contributed by atoms with E-state index in [1.165, 1.54) is 0 Å². The summed E-state index contributed by atoms with van der Waals surface area (Å²) in [5.41, 5.74) is 3.43. The number of hydrogen-bond acceptors (Lipinski definition) is 6. The molecular formula is C22H19ClN4O3. The Hall–Kier alpha value is -3.16. The zero-order valence-electron chi connectivity index (χ0n) is 16.3. The molecule has 0 amide bonds. The van der Waals surface area contributed by atoms with Crippen molar-refractivity contribution in [2.24, 2.45) is 0 Å². The lowest BCUT2D eigenvalue weighted by atomic mass is 10.1. The molecule has 0 saturated carbocycles. The largest absolute Gasteiger partial charge is 0.493 e. The standard InChI is InChI=1S/C22H19ClN4O3/c1-2-28-19-6-4-3-5-17(19)21-24-22(30-26-21)18-11-16-13-29-20(12-27(16)25-18)14-7-9-15(23)10-8-14/h3-11,20H,2,12-13H2,1H3. The average molecular weight is 423 g/mol. The first-order valence-electron chi connectivity index (χ1n) is 9.71. The van der Waals surface area contributed by atoms with Gasteiger partial charge in [0.1, 0.15) is 11.9 Å². The molecule has 1 aliphatic heterocycles. The van der Waals surface area contributed by atoms with Gasteiger partial charge < -0.3 is 14.0 Å². The molecule has 2 aromatic carbocycles. The Balaban J connectivity index is 1.40. The van der Waals surface area contributed by atoms with Gasteiger partial charge >= 0.3 is 0 Å². The monoisotopic (exact) mass is 422 g/mol. The average Bonchev–Trinajstić information content (AvgIpc) is 3.41. The summed E-state index contributed by atoms with van der Waals surface area (Å²) in [6, 6.07) is 17.2. The SMILES string of the molecule is CCOc1ccccc1-c1noc(-c2cc3n(n2)CC(c2ccc(Cl)cc2)OC3)n1. The summed E-state index contributed by atoms with van der Waals surface area (Å²) in [4.78, 5) is 4.53. The van der Waals surface area contributed by atoms with Crippen molar-refractivity contribution in [1.82, 2.24) is 19.9 Å². The Labute approximate surface area is 178 Å². The molecule has 1 atom stereocenters.